The van der Waals surface area contributed by atoms with E-state index in [0.717, 1.165) is 23.5 Å². The van der Waals surface area contributed by atoms with Crippen molar-refractivity contribution in [3.05, 3.63) is 28.9 Å². The number of hydrogen-bond donors (Lipinski definition) is 1. The van der Waals surface area contributed by atoms with Crippen molar-refractivity contribution in [2.45, 2.75) is 85.1 Å². The lowest BCUT2D eigenvalue weighted by Crippen LogP contribution is -2.29. The molecule has 0 radical (unpaired) electrons. The van der Waals surface area contributed by atoms with Gasteiger partial charge in [0.2, 0.25) is 5.91 Å². The van der Waals surface area contributed by atoms with Gasteiger partial charge in [-0.05, 0) is 61.6 Å². The van der Waals surface area contributed by atoms with Gasteiger partial charge in [0.05, 0.1) is 18.4 Å². The topological polar surface area (TPSA) is 70.5 Å². The first-order chi connectivity index (χ1) is 16.3. The minimum absolute atomic E-state index is 0.0112. The zero-order chi connectivity index (χ0) is 24.6. The van der Waals surface area contributed by atoms with E-state index < -0.39 is 0 Å². The van der Waals surface area contributed by atoms with Crippen LogP contribution in [0.1, 0.15) is 77.6 Å². The van der Waals surface area contributed by atoms with Gasteiger partial charge in [0, 0.05) is 19.6 Å². The lowest BCUT2D eigenvalue weighted by Gasteiger charge is -2.21. The van der Waals surface area contributed by atoms with Crippen molar-refractivity contribution in [2.75, 3.05) is 25.0 Å². The van der Waals surface area contributed by atoms with Crippen LogP contribution >= 0.6 is 11.3 Å². The van der Waals surface area contributed by atoms with Crippen molar-refractivity contribution >= 4 is 39.5 Å². The van der Waals surface area contributed by atoms with E-state index in [2.05, 4.69) is 60.6 Å². The molecule has 2 aromatic heterocycles. The molecule has 1 N–H and O–H groups in total. The standard InChI is InChI=1S/C27H41N5OS/c1-6-8-9-11-20-19-34-26-24(20)25(32(5)21-12-13-21)30-22(31-26)18-23(33)29-17-15-27(3,4)14-10-16-28-7-2/h7,10,14,19,21H,6,8-9,11-13,15-18H2,1-5H3,(H,29,33)/b14-10-,28-7-. The first kappa shape index (κ1) is 26.3. The number of allylic oxidation sites excluding steroid dienone is 1. The van der Waals surface area contributed by atoms with Crippen molar-refractivity contribution in [3.8, 4) is 0 Å². The normalized spacial score (nSPS) is 14.5. The number of nitrogens with zero attached hydrogens (tertiary/aromatic N) is 4. The van der Waals surface area contributed by atoms with E-state index in [-0.39, 0.29) is 17.7 Å². The monoisotopic (exact) mass is 483 g/mol. The number of carbonyl (C=O) groups is 1. The molecule has 2 aromatic rings. The lowest BCUT2D eigenvalue weighted by atomic mass is 9.89. The quantitative estimate of drug-likeness (QED) is 0.211. The summed E-state index contributed by atoms with van der Waals surface area (Å²) in [6, 6.07) is 0.557. The summed E-state index contributed by atoms with van der Waals surface area (Å²) < 4.78 is 0. The Labute approximate surface area is 209 Å². The number of unbranched alkanes of at least 4 members (excludes halogenated alkanes) is 2. The van der Waals surface area contributed by atoms with Gasteiger partial charge in [0.15, 0.2) is 0 Å². The number of aryl methyl sites for hydroxylation is 1. The van der Waals surface area contributed by atoms with Gasteiger partial charge in [0.25, 0.3) is 0 Å². The van der Waals surface area contributed by atoms with E-state index in [9.17, 15) is 4.79 Å². The second-order valence-electron chi connectivity index (χ2n) is 9.99. The number of rotatable bonds is 14. The van der Waals surface area contributed by atoms with Crippen LogP contribution in [0.2, 0.25) is 0 Å². The molecule has 7 heteroatoms. The number of fused-ring (bicyclic) bond motifs is 1. The van der Waals surface area contributed by atoms with Crippen LogP contribution in [0.3, 0.4) is 0 Å². The fourth-order valence-corrected chi connectivity index (χ4v) is 5.08. The molecular formula is C27H41N5OS. The highest BCUT2D eigenvalue weighted by Crippen LogP contribution is 2.37. The third kappa shape index (κ3) is 7.62. The van der Waals surface area contributed by atoms with Crippen molar-refractivity contribution in [1.29, 1.82) is 0 Å². The molecule has 0 atom stereocenters. The van der Waals surface area contributed by atoms with Crippen molar-refractivity contribution in [3.63, 3.8) is 0 Å². The second-order valence-corrected chi connectivity index (χ2v) is 10.9. The Balaban J connectivity index is 1.66. The van der Waals surface area contributed by atoms with Crippen LogP contribution < -0.4 is 10.2 Å². The number of amides is 1. The zero-order valence-corrected chi connectivity index (χ0v) is 22.4. The Morgan fingerprint density at radius 1 is 1.32 bits per heavy atom. The summed E-state index contributed by atoms with van der Waals surface area (Å²) in [4.78, 5) is 29.9. The molecule has 1 fully saturated rings. The van der Waals surface area contributed by atoms with E-state index >= 15 is 0 Å². The number of anilines is 1. The van der Waals surface area contributed by atoms with Gasteiger partial charge in [0.1, 0.15) is 16.5 Å². The zero-order valence-electron chi connectivity index (χ0n) is 21.6. The highest BCUT2D eigenvalue weighted by Gasteiger charge is 2.30. The van der Waals surface area contributed by atoms with E-state index in [1.807, 2.05) is 13.1 Å². The molecule has 34 heavy (non-hydrogen) atoms. The molecule has 1 saturated carbocycles. The number of carbonyl (C=O) groups excluding carboxylic acids is 1. The maximum absolute atomic E-state index is 12.7. The maximum Gasteiger partial charge on any atom is 0.227 e. The van der Waals surface area contributed by atoms with E-state index in [1.54, 1.807) is 11.3 Å². The average Bonchev–Trinajstić information content (AvgIpc) is 3.57. The van der Waals surface area contributed by atoms with E-state index in [4.69, 9.17) is 9.97 Å². The minimum atomic E-state index is -0.0190. The summed E-state index contributed by atoms with van der Waals surface area (Å²) in [6.45, 7) is 9.85. The first-order valence-corrected chi connectivity index (χ1v) is 13.6. The van der Waals surface area contributed by atoms with Gasteiger partial charge < -0.3 is 10.2 Å². The van der Waals surface area contributed by atoms with Crippen molar-refractivity contribution < 1.29 is 4.79 Å². The maximum atomic E-state index is 12.7. The molecule has 1 amide bonds. The van der Waals surface area contributed by atoms with Gasteiger partial charge in [-0.15, -0.1) is 11.3 Å². The van der Waals surface area contributed by atoms with Crippen molar-refractivity contribution in [1.82, 2.24) is 15.3 Å². The molecule has 0 bridgehead atoms. The molecule has 0 aromatic carbocycles. The summed E-state index contributed by atoms with van der Waals surface area (Å²) in [5.74, 6) is 1.60. The summed E-state index contributed by atoms with van der Waals surface area (Å²) in [7, 11) is 2.14. The SMILES string of the molecule is C/C=N\C/C=C\C(C)(C)CCNC(=O)Cc1nc(N(C)C2CC2)c2c(CCCCC)csc2n1. The predicted octanol–water partition coefficient (Wildman–Crippen LogP) is 5.74. The van der Waals surface area contributed by atoms with Crippen LogP contribution in [0.15, 0.2) is 22.5 Å². The Bertz CT molecular complexity index is 1010. The summed E-state index contributed by atoms with van der Waals surface area (Å²) in [6.07, 6.45) is 14.3. The van der Waals surface area contributed by atoms with Crippen LogP contribution in [0.25, 0.3) is 10.2 Å². The first-order valence-electron chi connectivity index (χ1n) is 12.7. The highest BCUT2D eigenvalue weighted by atomic mass is 32.1. The molecule has 1 aliphatic rings. The van der Waals surface area contributed by atoms with Crippen LogP contribution in [-0.4, -0.2) is 48.3 Å². The number of nitrogens with one attached hydrogen (secondary N) is 1. The van der Waals surface area contributed by atoms with E-state index in [0.29, 0.717) is 25.0 Å². The summed E-state index contributed by atoms with van der Waals surface area (Å²) >= 11 is 1.68. The number of thiophene rings is 1. The Morgan fingerprint density at radius 3 is 2.82 bits per heavy atom. The number of aliphatic imine (C=N–C) groups is 1. The molecule has 3 rings (SSSR count). The summed E-state index contributed by atoms with van der Waals surface area (Å²) in [5, 5.41) is 6.50. The molecule has 2 heterocycles. The van der Waals surface area contributed by atoms with E-state index in [1.165, 1.54) is 43.1 Å². The van der Waals surface area contributed by atoms with Crippen LogP contribution in [-0.2, 0) is 17.6 Å². The largest absolute Gasteiger partial charge is 0.356 e. The smallest absolute Gasteiger partial charge is 0.227 e. The Morgan fingerprint density at radius 2 is 2.12 bits per heavy atom. The molecule has 0 spiro atoms. The third-order valence-corrected chi connectivity index (χ3v) is 7.31. The van der Waals surface area contributed by atoms with Gasteiger partial charge in [-0.2, -0.15) is 0 Å². The molecule has 0 unspecified atom stereocenters. The van der Waals surface area contributed by atoms with Crippen LogP contribution in [0.4, 0.5) is 5.82 Å². The van der Waals surface area contributed by atoms with Gasteiger partial charge in [-0.1, -0.05) is 45.8 Å². The molecule has 1 aliphatic carbocycles. The number of aromatic nitrogens is 2. The molecule has 186 valence electrons. The Hall–Kier alpha value is -2.28. The van der Waals surface area contributed by atoms with Crippen molar-refractivity contribution in [2.24, 2.45) is 10.4 Å². The van der Waals surface area contributed by atoms with Gasteiger partial charge >= 0.3 is 0 Å². The Kier molecular flexibility index (Phi) is 9.63. The van der Waals surface area contributed by atoms with Crippen LogP contribution in [0, 0.1) is 5.41 Å². The third-order valence-electron chi connectivity index (χ3n) is 6.39. The molecular weight excluding hydrogens is 442 g/mol. The highest BCUT2D eigenvalue weighted by molar-refractivity contribution is 7.17. The predicted molar refractivity (Wildman–Crippen MR) is 145 cm³/mol. The van der Waals surface area contributed by atoms with Gasteiger partial charge in [-0.25, -0.2) is 9.97 Å². The number of hydrogen-bond acceptors (Lipinski definition) is 6. The molecule has 0 saturated heterocycles. The van der Waals surface area contributed by atoms with Crippen LogP contribution in [0.5, 0.6) is 0 Å². The second kappa shape index (κ2) is 12.4. The molecule has 6 nitrogen and oxygen atoms in total. The molecule has 0 aliphatic heterocycles. The average molecular weight is 484 g/mol. The minimum Gasteiger partial charge on any atom is -0.356 e. The summed E-state index contributed by atoms with van der Waals surface area (Å²) in [5.41, 5.74) is 1.36. The lowest BCUT2D eigenvalue weighted by molar-refractivity contribution is -0.120. The fraction of sp³-hybridized carbons (Fsp3) is 0.630. The van der Waals surface area contributed by atoms with Gasteiger partial charge in [-0.3, -0.25) is 9.79 Å². The fourth-order valence-electron chi connectivity index (χ4n) is 4.09.